The predicted octanol–water partition coefficient (Wildman–Crippen LogP) is 0.126. The van der Waals surface area contributed by atoms with Gasteiger partial charge in [0.1, 0.15) is 11.8 Å². The Morgan fingerprint density at radius 3 is 2.56 bits per heavy atom. The van der Waals surface area contributed by atoms with E-state index in [1.807, 2.05) is 4.90 Å². The van der Waals surface area contributed by atoms with E-state index in [0.29, 0.717) is 17.4 Å². The Balaban J connectivity index is 1.67. The number of nitrogens with zero attached hydrogens (tertiary/aromatic N) is 3. The molecule has 1 atom stereocenters. The Hall–Kier alpha value is -2.61. The normalized spacial score (nSPS) is 21.4. The van der Waals surface area contributed by atoms with Crippen molar-refractivity contribution in [1.29, 1.82) is 0 Å². The van der Waals surface area contributed by atoms with Crippen LogP contribution >= 0.6 is 0 Å². The zero-order chi connectivity index (χ0) is 17.8. The number of benzene rings is 1. The minimum absolute atomic E-state index is 0.0548. The van der Waals surface area contributed by atoms with Gasteiger partial charge >= 0.3 is 0 Å². The standard InChI is InChI=1S/C17H23N5O3/c1-21-7-9-22(10-8-21)17-19-14(11-15(23)20-17)16(24)18-12-3-5-13(25-2)6-4-12/h3-6,14H,7-11H2,1-2H3,(H,18,24)(H,19,20,23)/t14-/m0/s1. The molecule has 8 nitrogen and oxygen atoms in total. The quantitative estimate of drug-likeness (QED) is 0.813. The van der Waals surface area contributed by atoms with Gasteiger partial charge in [0.15, 0.2) is 0 Å². The number of aliphatic imine (C=N–C) groups is 1. The fourth-order valence-corrected chi connectivity index (χ4v) is 2.81. The second-order valence-electron chi connectivity index (χ2n) is 6.23. The Morgan fingerprint density at radius 1 is 1.24 bits per heavy atom. The fraction of sp³-hybridized carbons (Fsp3) is 0.471. The predicted molar refractivity (Wildman–Crippen MR) is 94.7 cm³/mol. The molecule has 2 N–H and O–H groups in total. The van der Waals surface area contributed by atoms with Gasteiger partial charge in [0.05, 0.1) is 13.5 Å². The minimum atomic E-state index is -0.717. The molecule has 0 aliphatic carbocycles. The van der Waals surface area contributed by atoms with E-state index < -0.39 is 6.04 Å². The molecule has 0 aromatic heterocycles. The zero-order valence-electron chi connectivity index (χ0n) is 14.5. The van der Waals surface area contributed by atoms with Crippen molar-refractivity contribution < 1.29 is 14.3 Å². The van der Waals surface area contributed by atoms with Crippen molar-refractivity contribution in [3.8, 4) is 5.75 Å². The number of amides is 2. The molecule has 8 heteroatoms. The van der Waals surface area contributed by atoms with Gasteiger partial charge in [-0.3, -0.25) is 14.9 Å². The molecule has 0 spiro atoms. The Labute approximate surface area is 146 Å². The number of guanidine groups is 1. The maximum atomic E-state index is 12.5. The molecule has 0 radical (unpaired) electrons. The summed E-state index contributed by atoms with van der Waals surface area (Å²) in [6.45, 7) is 3.36. The Bertz CT molecular complexity index is 665. The number of hydrogen-bond donors (Lipinski definition) is 2. The SMILES string of the molecule is COc1ccc(NC(=O)[C@@H]2CC(=O)NC(N3CCN(C)CC3)=N2)cc1. The molecule has 2 aliphatic heterocycles. The first kappa shape index (κ1) is 17.2. The highest BCUT2D eigenvalue weighted by molar-refractivity contribution is 6.05. The summed E-state index contributed by atoms with van der Waals surface area (Å²) >= 11 is 0. The van der Waals surface area contributed by atoms with Crippen LogP contribution in [-0.2, 0) is 9.59 Å². The van der Waals surface area contributed by atoms with Crippen molar-refractivity contribution in [3.63, 3.8) is 0 Å². The second-order valence-corrected chi connectivity index (χ2v) is 6.23. The van der Waals surface area contributed by atoms with Gasteiger partial charge < -0.3 is 19.9 Å². The number of methoxy groups -OCH3 is 1. The monoisotopic (exact) mass is 345 g/mol. The highest BCUT2D eigenvalue weighted by Crippen LogP contribution is 2.17. The number of carbonyl (C=O) groups excluding carboxylic acids is 2. The fourth-order valence-electron chi connectivity index (χ4n) is 2.81. The lowest BCUT2D eigenvalue weighted by Gasteiger charge is -2.36. The molecular weight excluding hydrogens is 322 g/mol. The number of carbonyl (C=O) groups is 2. The third-order valence-corrected chi connectivity index (χ3v) is 4.37. The van der Waals surface area contributed by atoms with E-state index in [0.717, 1.165) is 26.2 Å². The second kappa shape index (κ2) is 7.52. The average molecular weight is 345 g/mol. The molecule has 1 aromatic rings. The lowest BCUT2D eigenvalue weighted by Crippen LogP contribution is -2.55. The van der Waals surface area contributed by atoms with Gasteiger partial charge in [-0.15, -0.1) is 0 Å². The van der Waals surface area contributed by atoms with Crippen molar-refractivity contribution in [2.45, 2.75) is 12.5 Å². The van der Waals surface area contributed by atoms with E-state index in [1.165, 1.54) is 0 Å². The van der Waals surface area contributed by atoms with Crippen molar-refractivity contribution in [1.82, 2.24) is 15.1 Å². The van der Waals surface area contributed by atoms with Crippen molar-refractivity contribution >= 4 is 23.5 Å². The first-order valence-electron chi connectivity index (χ1n) is 8.31. The smallest absolute Gasteiger partial charge is 0.249 e. The first-order chi connectivity index (χ1) is 12.0. The molecule has 0 unspecified atom stereocenters. The molecule has 1 saturated heterocycles. The van der Waals surface area contributed by atoms with E-state index >= 15 is 0 Å². The molecule has 0 bridgehead atoms. The first-order valence-corrected chi connectivity index (χ1v) is 8.31. The van der Waals surface area contributed by atoms with Gasteiger partial charge in [-0.05, 0) is 31.3 Å². The van der Waals surface area contributed by atoms with Gasteiger partial charge in [0, 0.05) is 31.9 Å². The van der Waals surface area contributed by atoms with Crippen LogP contribution in [0.3, 0.4) is 0 Å². The molecule has 2 amide bonds. The number of ether oxygens (including phenoxy) is 1. The number of anilines is 1. The maximum Gasteiger partial charge on any atom is 0.249 e. The molecule has 2 heterocycles. The summed E-state index contributed by atoms with van der Waals surface area (Å²) in [6, 6.07) is 6.32. The Morgan fingerprint density at radius 2 is 1.92 bits per heavy atom. The van der Waals surface area contributed by atoms with Crippen LogP contribution in [0.5, 0.6) is 5.75 Å². The van der Waals surface area contributed by atoms with Crippen LogP contribution in [0.2, 0.25) is 0 Å². The third kappa shape index (κ3) is 4.27. The van der Waals surface area contributed by atoms with E-state index in [1.54, 1.807) is 31.4 Å². The summed E-state index contributed by atoms with van der Waals surface area (Å²) < 4.78 is 5.10. The van der Waals surface area contributed by atoms with Crippen LogP contribution in [0, 0.1) is 0 Å². The molecule has 1 aromatic carbocycles. The van der Waals surface area contributed by atoms with Crippen molar-refractivity contribution in [2.75, 3.05) is 45.7 Å². The van der Waals surface area contributed by atoms with E-state index in [9.17, 15) is 9.59 Å². The lowest BCUT2D eigenvalue weighted by molar-refractivity contribution is -0.125. The van der Waals surface area contributed by atoms with E-state index in [-0.39, 0.29) is 18.2 Å². The summed E-state index contributed by atoms with van der Waals surface area (Å²) in [6.07, 6.45) is 0.0548. The van der Waals surface area contributed by atoms with Gasteiger partial charge in [-0.2, -0.15) is 0 Å². The number of likely N-dealkylation sites (N-methyl/N-ethyl adjacent to an activating group) is 1. The number of hydrogen-bond acceptors (Lipinski definition) is 6. The van der Waals surface area contributed by atoms with Crippen molar-refractivity contribution in [2.24, 2.45) is 4.99 Å². The molecule has 3 rings (SSSR count). The topological polar surface area (TPSA) is 86.3 Å². The van der Waals surface area contributed by atoms with Gasteiger partial charge in [-0.1, -0.05) is 0 Å². The highest BCUT2D eigenvalue weighted by Gasteiger charge is 2.30. The number of piperazine rings is 1. The van der Waals surface area contributed by atoms with Crippen LogP contribution < -0.4 is 15.4 Å². The van der Waals surface area contributed by atoms with Crippen LogP contribution in [0.1, 0.15) is 6.42 Å². The third-order valence-electron chi connectivity index (χ3n) is 4.37. The highest BCUT2D eigenvalue weighted by atomic mass is 16.5. The van der Waals surface area contributed by atoms with Crippen LogP contribution in [0.15, 0.2) is 29.3 Å². The van der Waals surface area contributed by atoms with Gasteiger partial charge in [0.25, 0.3) is 0 Å². The largest absolute Gasteiger partial charge is 0.497 e. The maximum absolute atomic E-state index is 12.5. The minimum Gasteiger partial charge on any atom is -0.497 e. The zero-order valence-corrected chi connectivity index (χ0v) is 14.5. The van der Waals surface area contributed by atoms with E-state index in [2.05, 4.69) is 27.6 Å². The van der Waals surface area contributed by atoms with Crippen molar-refractivity contribution in [3.05, 3.63) is 24.3 Å². The molecule has 0 saturated carbocycles. The lowest BCUT2D eigenvalue weighted by atomic mass is 10.1. The number of rotatable bonds is 3. The average Bonchev–Trinajstić information content (AvgIpc) is 2.62. The summed E-state index contributed by atoms with van der Waals surface area (Å²) in [5.41, 5.74) is 0.646. The van der Waals surface area contributed by atoms with E-state index in [4.69, 9.17) is 4.74 Å². The van der Waals surface area contributed by atoms with Gasteiger partial charge in [0.2, 0.25) is 17.8 Å². The summed E-state index contributed by atoms with van der Waals surface area (Å²) in [4.78, 5) is 33.2. The Kier molecular flexibility index (Phi) is 5.18. The van der Waals surface area contributed by atoms with Gasteiger partial charge in [-0.25, -0.2) is 4.99 Å². The summed E-state index contributed by atoms with van der Waals surface area (Å²) in [5, 5.41) is 5.59. The molecular formula is C17H23N5O3. The summed E-state index contributed by atoms with van der Waals surface area (Å²) in [7, 11) is 3.65. The molecule has 1 fully saturated rings. The van der Waals surface area contributed by atoms with Crippen LogP contribution in [-0.4, -0.2) is 74.0 Å². The van der Waals surface area contributed by atoms with Crippen LogP contribution in [0.25, 0.3) is 0 Å². The number of nitrogens with one attached hydrogen (secondary N) is 2. The molecule has 2 aliphatic rings. The molecule has 25 heavy (non-hydrogen) atoms. The van der Waals surface area contributed by atoms with Crippen LogP contribution in [0.4, 0.5) is 5.69 Å². The molecule has 134 valence electrons. The summed E-state index contributed by atoms with van der Waals surface area (Å²) in [5.74, 6) is 0.745.